The fraction of sp³-hybridized carbons (Fsp3) is 0.548. The summed E-state index contributed by atoms with van der Waals surface area (Å²) in [7, 11) is 0. The van der Waals surface area contributed by atoms with E-state index < -0.39 is 0 Å². The Hall–Kier alpha value is -2.86. The molecule has 1 aromatic heterocycles. The zero-order chi connectivity index (χ0) is 26.4. The number of fused-ring (bicyclic) bond motifs is 2. The van der Waals surface area contributed by atoms with Gasteiger partial charge < -0.3 is 20.1 Å². The van der Waals surface area contributed by atoms with Crippen molar-refractivity contribution in [2.24, 2.45) is 0 Å². The van der Waals surface area contributed by atoms with Crippen molar-refractivity contribution in [1.82, 2.24) is 15.2 Å². The second-order valence-electron chi connectivity index (χ2n) is 10.5. The summed E-state index contributed by atoms with van der Waals surface area (Å²) >= 11 is 0. The molecule has 1 fully saturated rings. The lowest BCUT2D eigenvalue weighted by Crippen LogP contribution is -2.44. The van der Waals surface area contributed by atoms with E-state index in [1.807, 2.05) is 25.1 Å². The van der Waals surface area contributed by atoms with Crippen molar-refractivity contribution in [3.05, 3.63) is 74.7 Å². The first-order valence-electron chi connectivity index (χ1n) is 14.2. The maximum atomic E-state index is 13.5. The number of hydrogen-bond donors (Lipinski definition) is 2. The van der Waals surface area contributed by atoms with E-state index in [0.717, 1.165) is 55.7 Å². The van der Waals surface area contributed by atoms with Gasteiger partial charge >= 0.3 is 0 Å². The van der Waals surface area contributed by atoms with Crippen LogP contribution < -0.4 is 15.8 Å². The highest BCUT2D eigenvalue weighted by molar-refractivity contribution is 5.97. The standard InChI is InChI=1S/C31H44N4O2/c1-5-34(6-2)24-16-18-25(19-17-24)35(7-3)29-15-11-14-27-26(29)13-10-8-9-12-23-20-22(4)33-31(37)28(23)21-32-30(27)36/h8,10-11,14-15,20,24-25H,5-7,9,12-13,16-19,21H2,1-4H3,(H,32,36)(H,33,37)/b10-8+/t24-,25-. The van der Waals surface area contributed by atoms with Crippen LogP contribution in [0.15, 0.2) is 41.2 Å². The van der Waals surface area contributed by atoms with Gasteiger partial charge in [0.1, 0.15) is 0 Å². The molecular formula is C31H44N4O2. The van der Waals surface area contributed by atoms with Gasteiger partial charge in [0, 0.05) is 47.7 Å². The van der Waals surface area contributed by atoms with E-state index in [-0.39, 0.29) is 18.0 Å². The van der Waals surface area contributed by atoms with Gasteiger partial charge in [-0.3, -0.25) is 9.59 Å². The van der Waals surface area contributed by atoms with Crippen LogP contribution in [0.1, 0.15) is 85.6 Å². The number of pyridine rings is 1. The molecule has 0 spiro atoms. The second kappa shape index (κ2) is 12.6. The molecule has 0 atom stereocenters. The number of carbonyl (C=O) groups is 1. The molecule has 0 unspecified atom stereocenters. The molecule has 1 saturated carbocycles. The van der Waals surface area contributed by atoms with Gasteiger partial charge in [0.05, 0.1) is 0 Å². The third-order valence-corrected chi connectivity index (χ3v) is 8.34. The summed E-state index contributed by atoms with van der Waals surface area (Å²) in [5.41, 5.74) is 5.39. The molecule has 2 N–H and O–H groups in total. The first-order chi connectivity index (χ1) is 18.0. The Morgan fingerprint density at radius 1 is 0.919 bits per heavy atom. The van der Waals surface area contributed by atoms with Crippen LogP contribution >= 0.6 is 0 Å². The van der Waals surface area contributed by atoms with Crippen LogP contribution in [0.25, 0.3) is 0 Å². The average molecular weight is 505 g/mol. The molecular weight excluding hydrogens is 460 g/mol. The van der Waals surface area contributed by atoms with Gasteiger partial charge in [-0.15, -0.1) is 0 Å². The van der Waals surface area contributed by atoms with Crippen LogP contribution in [0.4, 0.5) is 5.69 Å². The number of aromatic nitrogens is 1. The van der Waals surface area contributed by atoms with Crippen molar-refractivity contribution < 1.29 is 4.79 Å². The summed E-state index contributed by atoms with van der Waals surface area (Å²) in [6, 6.07) is 9.34. The number of anilines is 1. The number of carbonyl (C=O) groups excluding carboxylic acids is 1. The fourth-order valence-electron chi connectivity index (χ4n) is 6.39. The highest BCUT2D eigenvalue weighted by Crippen LogP contribution is 2.33. The molecule has 0 saturated heterocycles. The molecule has 1 aliphatic carbocycles. The number of nitrogens with zero attached hydrogens (tertiary/aromatic N) is 2. The number of allylic oxidation sites excluding steroid dienone is 2. The smallest absolute Gasteiger partial charge is 0.253 e. The fourth-order valence-corrected chi connectivity index (χ4v) is 6.39. The number of amides is 1. The van der Waals surface area contributed by atoms with E-state index in [1.54, 1.807) is 0 Å². The lowest BCUT2D eigenvalue weighted by Gasteiger charge is -2.41. The minimum Gasteiger partial charge on any atom is -0.369 e. The van der Waals surface area contributed by atoms with Crippen molar-refractivity contribution in [2.75, 3.05) is 24.5 Å². The molecule has 37 heavy (non-hydrogen) atoms. The largest absolute Gasteiger partial charge is 0.369 e. The van der Waals surface area contributed by atoms with Gasteiger partial charge in [-0.1, -0.05) is 32.1 Å². The second-order valence-corrected chi connectivity index (χ2v) is 10.5. The zero-order valence-corrected chi connectivity index (χ0v) is 23.1. The van der Waals surface area contributed by atoms with Gasteiger partial charge in [-0.2, -0.15) is 0 Å². The van der Waals surface area contributed by atoms with Crippen molar-refractivity contribution in [3.63, 3.8) is 0 Å². The first-order valence-corrected chi connectivity index (χ1v) is 14.2. The van der Waals surface area contributed by atoms with Crippen LogP contribution in [-0.4, -0.2) is 47.5 Å². The van der Waals surface area contributed by atoms with Gasteiger partial charge in [-0.25, -0.2) is 0 Å². The highest BCUT2D eigenvalue weighted by atomic mass is 16.1. The quantitative estimate of drug-likeness (QED) is 0.535. The molecule has 1 aliphatic heterocycles. The number of H-pyrrole nitrogens is 1. The number of rotatable bonds is 6. The molecule has 1 amide bonds. The monoisotopic (exact) mass is 504 g/mol. The van der Waals surface area contributed by atoms with Crippen molar-refractivity contribution in [2.45, 2.75) is 91.3 Å². The van der Waals surface area contributed by atoms with Gasteiger partial charge in [-0.05, 0) is 101 Å². The summed E-state index contributed by atoms with van der Waals surface area (Å²) in [5, 5.41) is 3.06. The van der Waals surface area contributed by atoms with Crippen molar-refractivity contribution >= 4 is 11.6 Å². The van der Waals surface area contributed by atoms with Crippen molar-refractivity contribution in [3.8, 4) is 0 Å². The Bertz CT molecular complexity index is 1160. The van der Waals surface area contributed by atoms with Gasteiger partial charge in [0.15, 0.2) is 0 Å². The molecule has 200 valence electrons. The van der Waals surface area contributed by atoms with Crippen LogP contribution in [0, 0.1) is 6.92 Å². The first kappa shape index (κ1) is 27.2. The number of benzene rings is 1. The molecule has 2 heterocycles. The molecule has 6 heteroatoms. The molecule has 2 aromatic rings. The summed E-state index contributed by atoms with van der Waals surface area (Å²) in [6.07, 6.45) is 11.6. The topological polar surface area (TPSA) is 68.4 Å². The summed E-state index contributed by atoms with van der Waals surface area (Å²) < 4.78 is 0. The Morgan fingerprint density at radius 2 is 1.65 bits per heavy atom. The van der Waals surface area contributed by atoms with E-state index in [0.29, 0.717) is 23.2 Å². The molecule has 4 rings (SSSR count). The molecule has 6 nitrogen and oxygen atoms in total. The minimum atomic E-state index is -0.113. The Balaban J connectivity index is 1.61. The van der Waals surface area contributed by atoms with Crippen LogP contribution in [0.3, 0.4) is 0 Å². The third kappa shape index (κ3) is 6.18. The van der Waals surface area contributed by atoms with E-state index in [9.17, 15) is 9.59 Å². The van der Waals surface area contributed by atoms with Crippen LogP contribution in [-0.2, 0) is 19.4 Å². The number of aromatic amines is 1. The minimum absolute atomic E-state index is 0.109. The van der Waals surface area contributed by atoms with Crippen molar-refractivity contribution in [1.29, 1.82) is 0 Å². The Kier molecular flexibility index (Phi) is 9.25. The SMILES string of the molecule is CCN(CC)[C@H]1CC[C@H](N(CC)c2cccc3c2C/C=C/CCc2cc(C)[nH]c(=O)c2CNC3=O)CC1. The predicted octanol–water partition coefficient (Wildman–Crippen LogP) is 5.14. The third-order valence-electron chi connectivity index (χ3n) is 8.34. The van der Waals surface area contributed by atoms with E-state index in [4.69, 9.17) is 0 Å². The maximum Gasteiger partial charge on any atom is 0.253 e. The van der Waals surface area contributed by atoms with E-state index in [2.05, 4.69) is 59.1 Å². The van der Waals surface area contributed by atoms with E-state index >= 15 is 0 Å². The predicted molar refractivity (Wildman–Crippen MR) is 153 cm³/mol. The maximum absolute atomic E-state index is 13.5. The van der Waals surface area contributed by atoms with Gasteiger partial charge in [0.2, 0.25) is 0 Å². The zero-order valence-electron chi connectivity index (χ0n) is 23.1. The van der Waals surface area contributed by atoms with Crippen LogP contribution in [0.2, 0.25) is 0 Å². The summed E-state index contributed by atoms with van der Waals surface area (Å²) in [4.78, 5) is 34.2. The van der Waals surface area contributed by atoms with Crippen LogP contribution in [0.5, 0.6) is 0 Å². The summed E-state index contributed by atoms with van der Waals surface area (Å²) in [5.74, 6) is -0.113. The summed E-state index contributed by atoms with van der Waals surface area (Å²) in [6.45, 7) is 12.1. The lowest BCUT2D eigenvalue weighted by molar-refractivity contribution is 0.0950. The Labute approximate surface area is 222 Å². The highest BCUT2D eigenvalue weighted by Gasteiger charge is 2.29. The number of aryl methyl sites for hydroxylation is 2. The molecule has 0 radical (unpaired) electrons. The average Bonchev–Trinajstić information content (AvgIpc) is 2.89. The lowest BCUT2D eigenvalue weighted by atomic mass is 9.88. The van der Waals surface area contributed by atoms with E-state index in [1.165, 1.54) is 31.4 Å². The molecule has 0 bridgehead atoms. The number of nitrogens with one attached hydrogen (secondary N) is 2. The number of hydrogen-bond acceptors (Lipinski definition) is 4. The van der Waals surface area contributed by atoms with Gasteiger partial charge in [0.25, 0.3) is 11.5 Å². The Morgan fingerprint density at radius 3 is 2.35 bits per heavy atom. The molecule has 1 aromatic carbocycles. The normalized spacial score (nSPS) is 21.3. The molecule has 2 aliphatic rings.